The molecule has 0 saturated carbocycles. The molecule has 1 aromatic rings. The summed E-state index contributed by atoms with van der Waals surface area (Å²) in [7, 11) is -3.51. The molecular weight excluding hydrogens is 353 g/mol. The Morgan fingerprint density at radius 2 is 2.24 bits per heavy atom. The molecule has 2 rings (SSSR count). The largest absolute Gasteiger partial charge is 0.438 e. The van der Waals surface area contributed by atoms with Gasteiger partial charge < -0.3 is 19.7 Å². The Balaban J connectivity index is 1.81. The van der Waals surface area contributed by atoms with Crippen LogP contribution in [0.4, 0.5) is 5.82 Å². The average molecular weight is 375 g/mol. The van der Waals surface area contributed by atoms with Crippen molar-refractivity contribution in [1.82, 2.24) is 9.55 Å². The summed E-state index contributed by atoms with van der Waals surface area (Å²) in [5, 5.41) is 0. The van der Waals surface area contributed by atoms with Gasteiger partial charge in [-0.05, 0) is 26.8 Å². The number of hydrogen-bond donors (Lipinski definition) is 1. The first-order valence-electron chi connectivity index (χ1n) is 7.59. The molecule has 0 aromatic carbocycles. The van der Waals surface area contributed by atoms with E-state index in [0.29, 0.717) is 0 Å². The van der Waals surface area contributed by atoms with E-state index in [1.54, 1.807) is 20.8 Å². The van der Waals surface area contributed by atoms with Gasteiger partial charge in [0.05, 0.1) is 18.6 Å². The first-order valence-corrected chi connectivity index (χ1v) is 9.32. The van der Waals surface area contributed by atoms with Crippen molar-refractivity contribution in [2.24, 2.45) is 5.41 Å². The van der Waals surface area contributed by atoms with Crippen LogP contribution in [0.5, 0.6) is 0 Å². The van der Waals surface area contributed by atoms with Crippen LogP contribution in [0, 0.1) is 5.41 Å². The van der Waals surface area contributed by atoms with Crippen LogP contribution < -0.4 is 11.4 Å². The van der Waals surface area contributed by atoms with Gasteiger partial charge in [-0.1, -0.05) is 0 Å². The lowest BCUT2D eigenvalue weighted by atomic mass is 9.98. The van der Waals surface area contributed by atoms with Gasteiger partial charge in [-0.2, -0.15) is 4.98 Å². The van der Waals surface area contributed by atoms with Crippen LogP contribution in [0.25, 0.3) is 0 Å². The molecule has 1 aromatic heterocycles. The van der Waals surface area contributed by atoms with Crippen LogP contribution in [0.2, 0.25) is 0 Å². The van der Waals surface area contributed by atoms with Gasteiger partial charge in [-0.15, -0.1) is 0 Å². The van der Waals surface area contributed by atoms with Crippen molar-refractivity contribution in [3.05, 3.63) is 22.7 Å². The van der Waals surface area contributed by atoms with E-state index >= 15 is 0 Å². The van der Waals surface area contributed by atoms with Gasteiger partial charge in [-0.25, -0.2) is 4.79 Å². The molecule has 25 heavy (non-hydrogen) atoms. The van der Waals surface area contributed by atoms with Crippen molar-refractivity contribution in [2.75, 3.05) is 25.5 Å². The number of anilines is 1. The van der Waals surface area contributed by atoms with Crippen molar-refractivity contribution in [3.8, 4) is 0 Å². The van der Waals surface area contributed by atoms with Gasteiger partial charge in [0.15, 0.2) is 0 Å². The average Bonchev–Trinajstić information content (AvgIpc) is 2.51. The minimum absolute atomic E-state index is 0.0404. The molecule has 0 aliphatic carbocycles. The zero-order chi connectivity index (χ0) is 18.7. The van der Waals surface area contributed by atoms with Crippen molar-refractivity contribution >= 4 is 19.4 Å². The van der Waals surface area contributed by atoms with Crippen molar-refractivity contribution < 1.29 is 27.9 Å². The molecule has 1 saturated heterocycles. The smallest absolute Gasteiger partial charge is 0.359 e. The molecule has 11 heteroatoms. The fraction of sp³-hybridized carbons (Fsp3) is 0.643. The molecule has 1 unspecified atom stereocenters. The maximum absolute atomic E-state index is 12.3. The Bertz CT molecular complexity index is 716. The molecule has 2 N–H and O–H groups in total. The number of aromatic nitrogens is 2. The van der Waals surface area contributed by atoms with Crippen LogP contribution in [-0.4, -0.2) is 41.4 Å². The third-order valence-electron chi connectivity index (χ3n) is 3.27. The third-order valence-corrected chi connectivity index (χ3v) is 4.78. The van der Waals surface area contributed by atoms with Crippen LogP contribution in [0.3, 0.4) is 0 Å². The van der Waals surface area contributed by atoms with E-state index < -0.39 is 37.6 Å². The summed E-state index contributed by atoms with van der Waals surface area (Å²) in [6.45, 7) is 4.72. The van der Waals surface area contributed by atoms with Crippen LogP contribution >= 0.6 is 7.60 Å². The fourth-order valence-electron chi connectivity index (χ4n) is 1.84. The third kappa shape index (κ3) is 5.64. The Labute approximate surface area is 144 Å². The summed E-state index contributed by atoms with van der Waals surface area (Å²) in [5.74, 6) is -0.352. The molecule has 1 aliphatic heterocycles. The van der Waals surface area contributed by atoms with E-state index in [1.165, 1.54) is 16.8 Å². The second-order valence-electron chi connectivity index (χ2n) is 6.54. The van der Waals surface area contributed by atoms with Crippen LogP contribution in [-0.2, 0) is 34.4 Å². The highest BCUT2D eigenvalue weighted by atomic mass is 31.2. The molecule has 0 radical (unpaired) electrons. The zero-order valence-electron chi connectivity index (χ0n) is 14.3. The molecule has 0 spiro atoms. The molecule has 2 heterocycles. The summed E-state index contributed by atoms with van der Waals surface area (Å²) in [6, 6.07) is 1.49. The van der Waals surface area contributed by atoms with E-state index in [1.807, 2.05) is 0 Å². The van der Waals surface area contributed by atoms with E-state index in [0.717, 1.165) is 0 Å². The highest BCUT2D eigenvalue weighted by Crippen LogP contribution is 2.50. The van der Waals surface area contributed by atoms with E-state index in [-0.39, 0.29) is 25.3 Å². The lowest BCUT2D eigenvalue weighted by Crippen LogP contribution is -2.35. The standard InChI is InChI=1S/C14H22N3O7P/c1-14(2,3)12(18)21-8-24-25(20)9-22-10(7-23-25)6-17-5-4-11(15)16-13(17)19/h4-5,10H,6-9H2,1-3H3,(H2,15,16,19)/t10-,25?/m0/s1. The lowest BCUT2D eigenvalue weighted by Gasteiger charge is -2.29. The van der Waals surface area contributed by atoms with Crippen molar-refractivity contribution in [2.45, 2.75) is 33.4 Å². The minimum atomic E-state index is -3.51. The van der Waals surface area contributed by atoms with Crippen LogP contribution in [0.15, 0.2) is 17.1 Å². The summed E-state index contributed by atoms with van der Waals surface area (Å²) in [4.78, 5) is 26.9. The van der Waals surface area contributed by atoms with E-state index in [9.17, 15) is 14.2 Å². The first kappa shape index (κ1) is 19.6. The van der Waals surface area contributed by atoms with Gasteiger partial charge in [0.2, 0.25) is 6.79 Å². The number of ether oxygens (including phenoxy) is 2. The van der Waals surface area contributed by atoms with Crippen molar-refractivity contribution in [3.63, 3.8) is 0 Å². The normalized spacial score (nSPS) is 24.0. The maximum Gasteiger partial charge on any atom is 0.359 e. The summed E-state index contributed by atoms with van der Waals surface area (Å²) in [6.07, 6.45) is 0.693. The van der Waals surface area contributed by atoms with Gasteiger partial charge in [0.25, 0.3) is 0 Å². The SMILES string of the molecule is CC(C)(C)C(=O)OCOP1(=O)CO[C@@H](Cn2ccc(N)nc2=O)CO1. The number of rotatable bonds is 5. The Hall–Kier alpha value is -1.74. The molecule has 1 aliphatic rings. The minimum Gasteiger partial charge on any atom is -0.438 e. The number of hydrogen-bond acceptors (Lipinski definition) is 9. The predicted octanol–water partition coefficient (Wildman–Crippen LogP) is 0.955. The molecule has 0 amide bonds. The molecule has 2 atom stereocenters. The summed E-state index contributed by atoms with van der Waals surface area (Å²) >= 11 is 0. The molecule has 1 fully saturated rings. The number of carbonyl (C=O) groups excluding carboxylic acids is 1. The zero-order valence-corrected chi connectivity index (χ0v) is 15.2. The number of nitrogens with two attached hydrogens (primary N) is 1. The van der Waals surface area contributed by atoms with Crippen LogP contribution in [0.1, 0.15) is 20.8 Å². The van der Waals surface area contributed by atoms with Gasteiger partial charge >= 0.3 is 19.3 Å². The molecule has 10 nitrogen and oxygen atoms in total. The Morgan fingerprint density at radius 1 is 1.52 bits per heavy atom. The maximum atomic E-state index is 12.3. The Morgan fingerprint density at radius 3 is 2.80 bits per heavy atom. The van der Waals surface area contributed by atoms with Gasteiger partial charge in [-0.3, -0.25) is 18.5 Å². The topological polar surface area (TPSA) is 132 Å². The van der Waals surface area contributed by atoms with Crippen molar-refractivity contribution in [1.29, 1.82) is 0 Å². The van der Waals surface area contributed by atoms with E-state index in [4.69, 9.17) is 24.3 Å². The van der Waals surface area contributed by atoms with Gasteiger partial charge in [0.1, 0.15) is 18.3 Å². The lowest BCUT2D eigenvalue weighted by molar-refractivity contribution is -0.160. The monoisotopic (exact) mass is 375 g/mol. The number of nitrogen functional groups attached to an aromatic ring is 1. The quantitative estimate of drug-likeness (QED) is 0.454. The highest BCUT2D eigenvalue weighted by Gasteiger charge is 2.34. The van der Waals surface area contributed by atoms with E-state index in [2.05, 4.69) is 4.98 Å². The highest BCUT2D eigenvalue weighted by molar-refractivity contribution is 7.53. The molecule has 140 valence electrons. The fourth-order valence-corrected chi connectivity index (χ4v) is 3.06. The predicted molar refractivity (Wildman–Crippen MR) is 87.7 cm³/mol. The number of nitrogens with zero attached hydrogens (tertiary/aromatic N) is 2. The number of esters is 1. The second-order valence-corrected chi connectivity index (χ2v) is 8.54. The molecular formula is C14H22N3O7P. The summed E-state index contributed by atoms with van der Waals surface area (Å²) in [5.41, 5.74) is 4.22. The molecule has 0 bridgehead atoms. The first-order chi connectivity index (χ1) is 11.6. The Kier molecular flexibility index (Phi) is 5.99. The number of carbonyl (C=O) groups is 1. The second kappa shape index (κ2) is 7.65. The van der Waals surface area contributed by atoms with Gasteiger partial charge in [0, 0.05) is 6.20 Å². The summed E-state index contributed by atoms with van der Waals surface area (Å²) < 4.78 is 34.2.